The third-order valence-corrected chi connectivity index (χ3v) is 5.29. The molecule has 2 aromatic carbocycles. The summed E-state index contributed by atoms with van der Waals surface area (Å²) in [4.78, 5) is 14.4. The van der Waals surface area contributed by atoms with Gasteiger partial charge in [0.15, 0.2) is 0 Å². The van der Waals surface area contributed by atoms with E-state index in [1.165, 1.54) is 12.1 Å². The number of halogens is 1. The zero-order valence-electron chi connectivity index (χ0n) is 18.1. The van der Waals surface area contributed by atoms with Crippen LogP contribution >= 0.6 is 0 Å². The zero-order chi connectivity index (χ0) is 22.3. The van der Waals surface area contributed by atoms with Gasteiger partial charge in [-0.25, -0.2) is 4.39 Å². The molecule has 0 spiro atoms. The minimum atomic E-state index is -1.16. The van der Waals surface area contributed by atoms with Gasteiger partial charge in [0.2, 0.25) is 5.91 Å². The number of anilines is 1. The maximum absolute atomic E-state index is 13.4. The van der Waals surface area contributed by atoms with Crippen LogP contribution in [0.25, 0.3) is 0 Å². The van der Waals surface area contributed by atoms with E-state index in [-0.39, 0.29) is 24.8 Å². The molecule has 0 saturated carbocycles. The Bertz CT molecular complexity index is 857. The second kappa shape index (κ2) is 10.6. The standard InChI is InChI=1S/C24H31FN2O4/c1-3-4-14-30-20-10-8-19(9-11-20)26-23(28)16-27-13-12-22(24(2,29)17-27)31-21-7-5-6-18(25)15-21/h5-11,15,22,29H,3-4,12-14,16-17H2,1-2H3,(H,26,28)/t22-,24-/m0/s1. The van der Waals surface area contributed by atoms with E-state index in [1.54, 1.807) is 19.1 Å². The third kappa shape index (κ3) is 6.94. The molecule has 2 aromatic rings. The molecular weight excluding hydrogens is 399 g/mol. The number of nitrogens with one attached hydrogen (secondary N) is 1. The summed E-state index contributed by atoms with van der Waals surface area (Å²) in [5, 5.41) is 13.7. The van der Waals surface area contributed by atoms with E-state index in [9.17, 15) is 14.3 Å². The van der Waals surface area contributed by atoms with Crippen LogP contribution in [0, 0.1) is 5.82 Å². The van der Waals surface area contributed by atoms with Gasteiger partial charge >= 0.3 is 0 Å². The Morgan fingerprint density at radius 2 is 2.03 bits per heavy atom. The van der Waals surface area contributed by atoms with Gasteiger partial charge in [0, 0.05) is 24.8 Å². The zero-order valence-corrected chi connectivity index (χ0v) is 18.1. The van der Waals surface area contributed by atoms with E-state index < -0.39 is 11.7 Å². The van der Waals surface area contributed by atoms with Gasteiger partial charge in [-0.15, -0.1) is 0 Å². The molecule has 168 valence electrons. The second-order valence-electron chi connectivity index (χ2n) is 8.19. The Balaban J connectivity index is 1.48. The molecule has 2 atom stereocenters. The topological polar surface area (TPSA) is 71.0 Å². The number of hydrogen-bond acceptors (Lipinski definition) is 5. The SMILES string of the molecule is CCCCOc1ccc(NC(=O)CN2CC[C@H](Oc3cccc(F)c3)[C@@](C)(O)C2)cc1. The molecule has 1 saturated heterocycles. The minimum absolute atomic E-state index is 0.153. The molecule has 0 bridgehead atoms. The summed E-state index contributed by atoms with van der Waals surface area (Å²) >= 11 is 0. The fourth-order valence-electron chi connectivity index (χ4n) is 3.64. The normalized spacial score (nSPS) is 21.5. The Kier molecular flexibility index (Phi) is 7.87. The molecule has 2 N–H and O–H groups in total. The molecule has 1 heterocycles. The number of piperidine rings is 1. The van der Waals surface area contributed by atoms with Crippen LogP contribution in [0.5, 0.6) is 11.5 Å². The maximum atomic E-state index is 13.4. The first kappa shape index (κ1) is 23.0. The van der Waals surface area contributed by atoms with Crippen LogP contribution in [0.2, 0.25) is 0 Å². The van der Waals surface area contributed by atoms with E-state index >= 15 is 0 Å². The van der Waals surface area contributed by atoms with E-state index in [0.29, 0.717) is 31.0 Å². The number of nitrogens with zero attached hydrogens (tertiary/aromatic N) is 1. The predicted octanol–water partition coefficient (Wildman–Crippen LogP) is 3.85. The van der Waals surface area contributed by atoms with Gasteiger partial charge in [-0.3, -0.25) is 9.69 Å². The lowest BCUT2D eigenvalue weighted by molar-refractivity contribution is -0.123. The fraction of sp³-hybridized carbons (Fsp3) is 0.458. The lowest BCUT2D eigenvalue weighted by Crippen LogP contribution is -2.58. The molecule has 1 fully saturated rings. The minimum Gasteiger partial charge on any atom is -0.494 e. The Hall–Kier alpha value is -2.64. The van der Waals surface area contributed by atoms with Crippen LogP contribution in [0.3, 0.4) is 0 Å². The van der Waals surface area contributed by atoms with Crippen molar-refractivity contribution in [1.29, 1.82) is 0 Å². The van der Waals surface area contributed by atoms with Crippen LogP contribution in [0.1, 0.15) is 33.1 Å². The van der Waals surface area contributed by atoms with Crippen LogP contribution < -0.4 is 14.8 Å². The summed E-state index contributed by atoms with van der Waals surface area (Å²) in [7, 11) is 0. The van der Waals surface area contributed by atoms with Gasteiger partial charge in [-0.1, -0.05) is 19.4 Å². The Morgan fingerprint density at radius 3 is 2.71 bits per heavy atom. The first-order valence-electron chi connectivity index (χ1n) is 10.8. The summed E-state index contributed by atoms with van der Waals surface area (Å²) < 4.78 is 24.8. The van der Waals surface area contributed by atoms with Crippen molar-refractivity contribution in [1.82, 2.24) is 4.90 Å². The van der Waals surface area contributed by atoms with Gasteiger partial charge in [-0.05, 0) is 56.2 Å². The van der Waals surface area contributed by atoms with Crippen molar-refractivity contribution in [3.05, 3.63) is 54.3 Å². The third-order valence-electron chi connectivity index (χ3n) is 5.29. The van der Waals surface area contributed by atoms with Gasteiger partial charge in [-0.2, -0.15) is 0 Å². The number of carbonyl (C=O) groups excluding carboxylic acids is 1. The number of ether oxygens (including phenoxy) is 2. The number of likely N-dealkylation sites (tertiary alicyclic amines) is 1. The highest BCUT2D eigenvalue weighted by atomic mass is 19.1. The van der Waals surface area contributed by atoms with E-state index in [1.807, 2.05) is 29.2 Å². The molecule has 0 unspecified atom stereocenters. The molecule has 0 aromatic heterocycles. The molecule has 7 heteroatoms. The van der Waals surface area contributed by atoms with E-state index in [0.717, 1.165) is 18.6 Å². The van der Waals surface area contributed by atoms with Crippen molar-refractivity contribution in [3.8, 4) is 11.5 Å². The fourth-order valence-corrected chi connectivity index (χ4v) is 3.64. The Morgan fingerprint density at radius 1 is 1.26 bits per heavy atom. The van der Waals surface area contributed by atoms with Crippen molar-refractivity contribution in [2.24, 2.45) is 0 Å². The monoisotopic (exact) mass is 430 g/mol. The number of hydrogen-bond donors (Lipinski definition) is 2. The first-order chi connectivity index (χ1) is 14.9. The van der Waals surface area contributed by atoms with Crippen molar-refractivity contribution in [2.75, 3.05) is 31.6 Å². The average Bonchev–Trinajstić information content (AvgIpc) is 2.71. The number of aliphatic hydroxyl groups is 1. The number of carbonyl (C=O) groups is 1. The quantitative estimate of drug-likeness (QED) is 0.592. The summed E-state index contributed by atoms with van der Waals surface area (Å²) in [5.74, 6) is 0.633. The number of β-amino-alcohol motifs (C(OH)–C–C–N with tert-alkyl or cyclic N) is 1. The van der Waals surface area contributed by atoms with Crippen LogP contribution in [0.15, 0.2) is 48.5 Å². The molecule has 1 amide bonds. The van der Waals surface area contributed by atoms with Crippen molar-refractivity contribution >= 4 is 11.6 Å². The average molecular weight is 431 g/mol. The van der Waals surface area contributed by atoms with E-state index in [4.69, 9.17) is 9.47 Å². The van der Waals surface area contributed by atoms with Crippen LogP contribution in [0.4, 0.5) is 10.1 Å². The van der Waals surface area contributed by atoms with Crippen LogP contribution in [-0.2, 0) is 4.79 Å². The molecular formula is C24H31FN2O4. The summed E-state index contributed by atoms with van der Waals surface area (Å²) in [5.41, 5.74) is -0.466. The molecule has 3 rings (SSSR count). The number of unbranched alkanes of at least 4 members (excludes halogenated alkanes) is 1. The summed E-state index contributed by atoms with van der Waals surface area (Å²) in [6.07, 6.45) is 2.14. The second-order valence-corrected chi connectivity index (χ2v) is 8.19. The van der Waals surface area contributed by atoms with Crippen LogP contribution in [-0.4, -0.2) is 53.9 Å². The highest BCUT2D eigenvalue weighted by Crippen LogP contribution is 2.27. The van der Waals surface area contributed by atoms with Crippen molar-refractivity contribution < 1.29 is 23.8 Å². The molecule has 0 radical (unpaired) electrons. The van der Waals surface area contributed by atoms with Gasteiger partial charge in [0.05, 0.1) is 13.2 Å². The molecule has 1 aliphatic rings. The molecule has 1 aliphatic heterocycles. The Labute approximate surface area is 183 Å². The highest BCUT2D eigenvalue weighted by Gasteiger charge is 2.40. The largest absolute Gasteiger partial charge is 0.494 e. The smallest absolute Gasteiger partial charge is 0.238 e. The molecule has 31 heavy (non-hydrogen) atoms. The van der Waals surface area contributed by atoms with Gasteiger partial charge < -0.3 is 19.9 Å². The number of amides is 1. The number of rotatable bonds is 9. The summed E-state index contributed by atoms with van der Waals surface area (Å²) in [6, 6.07) is 13.2. The maximum Gasteiger partial charge on any atom is 0.238 e. The highest BCUT2D eigenvalue weighted by molar-refractivity contribution is 5.92. The summed E-state index contributed by atoms with van der Waals surface area (Å²) in [6.45, 7) is 5.51. The number of benzene rings is 2. The lowest BCUT2D eigenvalue weighted by Gasteiger charge is -2.42. The first-order valence-corrected chi connectivity index (χ1v) is 10.8. The molecule has 0 aliphatic carbocycles. The van der Waals surface area contributed by atoms with E-state index in [2.05, 4.69) is 12.2 Å². The predicted molar refractivity (Wildman–Crippen MR) is 118 cm³/mol. The van der Waals surface area contributed by atoms with Crippen molar-refractivity contribution in [2.45, 2.75) is 44.8 Å². The van der Waals surface area contributed by atoms with Crippen molar-refractivity contribution in [3.63, 3.8) is 0 Å². The molecule has 6 nitrogen and oxygen atoms in total. The van der Waals surface area contributed by atoms with Gasteiger partial charge in [0.25, 0.3) is 0 Å². The van der Waals surface area contributed by atoms with Gasteiger partial charge in [0.1, 0.15) is 29.0 Å². The lowest BCUT2D eigenvalue weighted by atomic mass is 9.91.